The molecule has 0 aliphatic heterocycles. The predicted octanol–water partition coefficient (Wildman–Crippen LogP) is 5.53. The summed E-state index contributed by atoms with van der Waals surface area (Å²) in [7, 11) is 0. The van der Waals surface area contributed by atoms with Crippen molar-refractivity contribution < 1.29 is 19.1 Å². The fourth-order valence-corrected chi connectivity index (χ4v) is 2.19. The van der Waals surface area contributed by atoms with Gasteiger partial charge in [0.15, 0.2) is 5.78 Å². The van der Waals surface area contributed by atoms with Gasteiger partial charge in [0.1, 0.15) is 6.42 Å². The van der Waals surface area contributed by atoms with E-state index in [4.69, 9.17) is 21.1 Å². The molecular formula is C22H33ClO4. The third kappa shape index (κ3) is 15.1. The van der Waals surface area contributed by atoms with E-state index < -0.39 is 5.97 Å². The average molecular weight is 397 g/mol. The van der Waals surface area contributed by atoms with Crippen LogP contribution in [0.15, 0.2) is 47.6 Å². The predicted molar refractivity (Wildman–Crippen MR) is 112 cm³/mol. The maximum absolute atomic E-state index is 12.0. The number of ether oxygens (including phenoxy) is 2. The van der Waals surface area contributed by atoms with E-state index in [0.717, 1.165) is 19.3 Å². The van der Waals surface area contributed by atoms with Crippen LogP contribution in [0.5, 0.6) is 0 Å². The van der Waals surface area contributed by atoms with Crippen molar-refractivity contribution in [3.8, 4) is 0 Å². The summed E-state index contributed by atoms with van der Waals surface area (Å²) in [5.74, 6) is -0.285. The molecule has 0 spiro atoms. The van der Waals surface area contributed by atoms with Crippen LogP contribution < -0.4 is 0 Å². The number of carbonyl (C=O) groups excluding carboxylic acids is 2. The first-order chi connectivity index (χ1) is 12.9. The second kappa shape index (κ2) is 16.5. The summed E-state index contributed by atoms with van der Waals surface area (Å²) in [5.41, 5.74) is 0.603. The van der Waals surface area contributed by atoms with Gasteiger partial charge < -0.3 is 9.47 Å². The van der Waals surface area contributed by atoms with Crippen molar-refractivity contribution in [1.29, 1.82) is 0 Å². The third-order valence-electron chi connectivity index (χ3n) is 3.87. The Morgan fingerprint density at radius 2 is 1.96 bits per heavy atom. The highest BCUT2D eigenvalue weighted by molar-refractivity contribution is 6.29. The van der Waals surface area contributed by atoms with Crippen molar-refractivity contribution in [1.82, 2.24) is 0 Å². The molecule has 0 fully saturated rings. The molecule has 0 amide bonds. The first-order valence-corrected chi connectivity index (χ1v) is 9.80. The van der Waals surface area contributed by atoms with E-state index in [2.05, 4.69) is 13.5 Å². The van der Waals surface area contributed by atoms with Crippen LogP contribution in [0.1, 0.15) is 52.9 Å². The molecule has 0 heterocycles. The van der Waals surface area contributed by atoms with Crippen molar-refractivity contribution in [3.05, 3.63) is 47.6 Å². The normalized spacial score (nSPS) is 13.6. The molecule has 152 valence electrons. The van der Waals surface area contributed by atoms with Crippen molar-refractivity contribution >= 4 is 23.4 Å². The van der Waals surface area contributed by atoms with Crippen molar-refractivity contribution in [3.63, 3.8) is 0 Å². The van der Waals surface area contributed by atoms with Gasteiger partial charge in [0.2, 0.25) is 0 Å². The Labute approximate surface area is 168 Å². The Morgan fingerprint density at radius 3 is 2.63 bits per heavy atom. The van der Waals surface area contributed by atoms with Crippen LogP contribution in [0, 0.1) is 5.92 Å². The molecule has 0 aromatic heterocycles. The van der Waals surface area contributed by atoms with Gasteiger partial charge in [0, 0.05) is 11.5 Å². The fraction of sp³-hybridized carbons (Fsp3) is 0.545. The van der Waals surface area contributed by atoms with E-state index in [0.29, 0.717) is 36.2 Å². The molecule has 0 bridgehead atoms. The van der Waals surface area contributed by atoms with Crippen LogP contribution in [0.25, 0.3) is 0 Å². The lowest BCUT2D eigenvalue weighted by Crippen LogP contribution is -2.13. The molecule has 0 N–H and O–H groups in total. The highest BCUT2D eigenvalue weighted by Crippen LogP contribution is 2.10. The van der Waals surface area contributed by atoms with Crippen LogP contribution in [0.4, 0.5) is 0 Å². The minimum Gasteiger partial charge on any atom is -0.465 e. The summed E-state index contributed by atoms with van der Waals surface area (Å²) in [6.07, 6.45) is 12.5. The van der Waals surface area contributed by atoms with E-state index in [9.17, 15) is 9.59 Å². The fourth-order valence-electron chi connectivity index (χ4n) is 2.02. The number of esters is 1. The molecule has 5 heteroatoms. The molecule has 0 aromatic rings. The van der Waals surface area contributed by atoms with E-state index in [-0.39, 0.29) is 18.8 Å². The van der Waals surface area contributed by atoms with Gasteiger partial charge in [-0.15, -0.1) is 6.58 Å². The number of halogens is 1. The molecule has 0 aliphatic rings. The summed E-state index contributed by atoms with van der Waals surface area (Å²) >= 11 is 6.00. The maximum Gasteiger partial charge on any atom is 0.313 e. The van der Waals surface area contributed by atoms with Crippen molar-refractivity contribution in [2.24, 2.45) is 5.92 Å². The lowest BCUT2D eigenvalue weighted by atomic mass is 10.0. The van der Waals surface area contributed by atoms with Gasteiger partial charge in [0.25, 0.3) is 0 Å². The minimum absolute atomic E-state index is 0.194. The van der Waals surface area contributed by atoms with Gasteiger partial charge in [-0.25, -0.2) is 0 Å². The third-order valence-corrected chi connectivity index (χ3v) is 4.13. The monoisotopic (exact) mass is 396 g/mol. The van der Waals surface area contributed by atoms with Gasteiger partial charge in [-0.3, -0.25) is 9.59 Å². The highest BCUT2D eigenvalue weighted by Gasteiger charge is 2.12. The minimum atomic E-state index is -0.503. The SMILES string of the molecule is C=C[C@H](C)CC/C=C(\C)C(=O)CC(=O)OCCCOC/C(Cl)=C/C/C=C/C. The molecule has 4 nitrogen and oxygen atoms in total. The molecule has 0 aromatic carbocycles. The van der Waals surface area contributed by atoms with Gasteiger partial charge in [-0.05, 0) is 44.6 Å². The summed E-state index contributed by atoms with van der Waals surface area (Å²) < 4.78 is 10.5. The van der Waals surface area contributed by atoms with E-state index in [1.165, 1.54) is 0 Å². The Morgan fingerprint density at radius 1 is 1.22 bits per heavy atom. The Balaban J connectivity index is 3.87. The summed E-state index contributed by atoms with van der Waals surface area (Å²) in [6, 6.07) is 0. The molecule has 27 heavy (non-hydrogen) atoms. The number of hydrogen-bond donors (Lipinski definition) is 0. The summed E-state index contributed by atoms with van der Waals surface area (Å²) in [4.78, 5) is 23.7. The van der Waals surface area contributed by atoms with Crippen molar-refractivity contribution in [2.45, 2.75) is 52.9 Å². The zero-order valence-corrected chi connectivity index (χ0v) is 17.6. The lowest BCUT2D eigenvalue weighted by Gasteiger charge is -2.06. The topological polar surface area (TPSA) is 52.6 Å². The molecule has 0 radical (unpaired) electrons. The summed E-state index contributed by atoms with van der Waals surface area (Å²) in [5, 5.41) is 0.653. The molecular weight excluding hydrogens is 364 g/mol. The van der Waals surface area contributed by atoms with Gasteiger partial charge in [-0.2, -0.15) is 0 Å². The van der Waals surface area contributed by atoms with E-state index in [1.807, 2.05) is 37.3 Å². The van der Waals surface area contributed by atoms with Gasteiger partial charge in [-0.1, -0.05) is 48.9 Å². The van der Waals surface area contributed by atoms with Gasteiger partial charge >= 0.3 is 5.97 Å². The molecule has 0 rings (SSSR count). The quantitative estimate of drug-likeness (QED) is 0.120. The standard InChI is InChI=1S/C22H33ClO4/c1-5-7-8-13-20(23)17-26-14-10-15-27-22(25)16-21(24)19(4)12-9-11-18(3)6-2/h5-7,12-13,18H,2,8-11,14-17H2,1,3-4H3/b7-5+,19-12+,20-13-/t18-/m0/s1. The molecule has 0 unspecified atom stereocenters. The smallest absolute Gasteiger partial charge is 0.313 e. The zero-order chi connectivity index (χ0) is 20.5. The van der Waals surface area contributed by atoms with Crippen LogP contribution in [-0.4, -0.2) is 31.6 Å². The second-order valence-corrected chi connectivity index (χ2v) is 6.85. The number of rotatable bonds is 15. The first kappa shape index (κ1) is 25.4. The highest BCUT2D eigenvalue weighted by atomic mass is 35.5. The second-order valence-electron chi connectivity index (χ2n) is 6.36. The van der Waals surface area contributed by atoms with E-state index in [1.54, 1.807) is 6.92 Å². The number of carbonyl (C=O) groups is 2. The zero-order valence-electron chi connectivity index (χ0n) is 16.8. The molecule has 1 atom stereocenters. The number of Topliss-reactive ketones (excluding diaryl/α,β-unsaturated/α-hetero) is 1. The average Bonchev–Trinajstić information content (AvgIpc) is 2.64. The molecule has 0 saturated carbocycles. The van der Waals surface area contributed by atoms with Crippen LogP contribution in [0.2, 0.25) is 0 Å². The van der Waals surface area contributed by atoms with Crippen LogP contribution in [0.3, 0.4) is 0 Å². The number of ketones is 1. The van der Waals surface area contributed by atoms with Crippen LogP contribution >= 0.6 is 11.6 Å². The lowest BCUT2D eigenvalue weighted by molar-refractivity contribution is -0.145. The number of allylic oxidation sites excluding steroid dienone is 6. The van der Waals surface area contributed by atoms with E-state index >= 15 is 0 Å². The Kier molecular flexibility index (Phi) is 15.5. The Bertz CT molecular complexity index is 547. The first-order valence-electron chi connectivity index (χ1n) is 9.42. The molecule has 0 aliphatic carbocycles. The maximum atomic E-state index is 12.0. The van der Waals surface area contributed by atoms with Crippen LogP contribution in [-0.2, 0) is 19.1 Å². The Hall–Kier alpha value is -1.65. The van der Waals surface area contributed by atoms with Gasteiger partial charge in [0.05, 0.1) is 19.8 Å². The number of hydrogen-bond acceptors (Lipinski definition) is 4. The molecule has 0 saturated heterocycles. The largest absolute Gasteiger partial charge is 0.465 e. The summed E-state index contributed by atoms with van der Waals surface area (Å²) in [6.45, 7) is 10.5. The van der Waals surface area contributed by atoms with Crippen molar-refractivity contribution in [2.75, 3.05) is 19.8 Å².